The molecule has 2 aliphatic heterocycles. The van der Waals surface area contributed by atoms with E-state index in [4.69, 9.17) is 4.74 Å². The molecule has 0 aromatic heterocycles. The Morgan fingerprint density at radius 2 is 1.02 bits per heavy atom. The lowest BCUT2D eigenvalue weighted by Crippen LogP contribution is -2.39. The number of hydrogen-bond acceptors (Lipinski definition) is 3. The van der Waals surface area contributed by atoms with Gasteiger partial charge in [-0.3, -0.25) is 5.32 Å². The van der Waals surface area contributed by atoms with Crippen LogP contribution < -0.4 is 15.4 Å². The first kappa shape index (κ1) is 30.9. The van der Waals surface area contributed by atoms with Crippen molar-refractivity contribution in [1.82, 2.24) is 10.6 Å². The highest BCUT2D eigenvalue weighted by atomic mass is 16.5. The summed E-state index contributed by atoms with van der Waals surface area (Å²) >= 11 is 0. The molecule has 1 aliphatic carbocycles. The zero-order chi connectivity index (χ0) is 35.6. The number of benzene rings is 8. The van der Waals surface area contributed by atoms with E-state index in [9.17, 15) is 0 Å². The average Bonchev–Trinajstić information content (AvgIpc) is 3.52. The Morgan fingerprint density at radius 1 is 0.426 bits per heavy atom. The van der Waals surface area contributed by atoms with Crippen LogP contribution in [0.4, 0.5) is 0 Å². The number of ether oxygens (including phenoxy) is 1. The zero-order valence-corrected chi connectivity index (χ0v) is 29.5. The van der Waals surface area contributed by atoms with Gasteiger partial charge in [0.1, 0.15) is 17.7 Å². The molecule has 3 heteroatoms. The molecule has 0 saturated heterocycles. The third kappa shape index (κ3) is 4.72. The quantitative estimate of drug-likeness (QED) is 0.193. The number of fused-ring (bicyclic) bond motifs is 10. The summed E-state index contributed by atoms with van der Waals surface area (Å²) in [5.41, 5.74) is 14.1. The van der Waals surface area contributed by atoms with Gasteiger partial charge in [0.15, 0.2) is 0 Å². The lowest BCUT2D eigenvalue weighted by molar-refractivity contribution is 0.436. The van der Waals surface area contributed by atoms with E-state index in [0.717, 1.165) is 17.2 Å². The summed E-state index contributed by atoms with van der Waals surface area (Å²) in [7, 11) is 0. The van der Waals surface area contributed by atoms with Crippen LogP contribution in [-0.4, -0.2) is 0 Å². The molecule has 2 heterocycles. The van der Waals surface area contributed by atoms with Crippen molar-refractivity contribution >= 4 is 16.5 Å². The van der Waals surface area contributed by atoms with Crippen molar-refractivity contribution in [1.29, 1.82) is 0 Å². The van der Waals surface area contributed by atoms with Gasteiger partial charge < -0.3 is 10.1 Å². The maximum absolute atomic E-state index is 6.62. The van der Waals surface area contributed by atoms with Gasteiger partial charge in [-0.2, -0.15) is 0 Å². The number of nitrogens with one attached hydrogen (secondary N) is 2. The minimum Gasteiger partial charge on any atom is -0.457 e. The molecule has 256 valence electrons. The van der Waals surface area contributed by atoms with Crippen LogP contribution in [0.2, 0.25) is 0 Å². The van der Waals surface area contributed by atoms with Crippen LogP contribution in [0.25, 0.3) is 38.7 Å². The van der Waals surface area contributed by atoms with Crippen molar-refractivity contribution < 1.29 is 4.74 Å². The van der Waals surface area contributed by atoms with Gasteiger partial charge in [-0.25, -0.2) is 0 Å². The van der Waals surface area contributed by atoms with E-state index >= 15 is 0 Å². The maximum atomic E-state index is 6.62. The summed E-state index contributed by atoms with van der Waals surface area (Å²) in [4.78, 5) is 0. The highest BCUT2D eigenvalue weighted by Gasteiger charge is 2.51. The second kappa shape index (κ2) is 12.2. The number of hydrogen-bond donors (Lipinski definition) is 2. The topological polar surface area (TPSA) is 33.3 Å². The van der Waals surface area contributed by atoms with Gasteiger partial charge in [0, 0.05) is 16.8 Å². The van der Waals surface area contributed by atoms with Gasteiger partial charge in [-0.05, 0) is 97.3 Å². The molecule has 0 radical (unpaired) electrons. The smallest absolute Gasteiger partial charge is 0.132 e. The maximum Gasteiger partial charge on any atom is 0.132 e. The molecule has 0 amide bonds. The molecule has 8 aromatic carbocycles. The zero-order valence-electron chi connectivity index (χ0n) is 29.5. The Bertz CT molecular complexity index is 2710. The first-order valence-electron chi connectivity index (χ1n) is 18.7. The molecule has 2 unspecified atom stereocenters. The van der Waals surface area contributed by atoms with E-state index in [-0.39, 0.29) is 12.2 Å². The van der Waals surface area contributed by atoms with E-state index in [1.54, 1.807) is 0 Å². The summed E-state index contributed by atoms with van der Waals surface area (Å²) in [6.07, 6.45) is 2.23. The molecular formula is C51H36N2O. The molecule has 3 aliphatic rings. The second-order valence-corrected chi connectivity index (χ2v) is 14.6. The summed E-state index contributed by atoms with van der Waals surface area (Å²) in [6, 6.07) is 68.2. The molecule has 0 saturated carbocycles. The van der Waals surface area contributed by atoms with Crippen LogP contribution >= 0.6 is 0 Å². The normalized spacial score (nSPS) is 17.4. The number of para-hydroxylation sites is 2. The fraction of sp³-hybridized carbons (Fsp3) is 0.0588. The van der Waals surface area contributed by atoms with Gasteiger partial charge in [-0.15, -0.1) is 0 Å². The first-order valence-corrected chi connectivity index (χ1v) is 18.7. The van der Waals surface area contributed by atoms with Crippen molar-refractivity contribution in [3.63, 3.8) is 0 Å². The standard InChI is InChI=1S/C51H36N2O/c1-3-13-34(14-4-1)46-32-47(35-15-5-2-6-16-35)53-50(52-46)36-25-23-33(24-26-36)39-27-28-40-41-29-37-17-7-8-18-38(37)30-45(41)51(44(40)31-39)42-19-9-11-21-48(42)54-49-22-12-10-20-43(49)51/h1-32,46,50,52-53H. The molecule has 1 spiro atoms. The molecule has 2 atom stereocenters. The minimum atomic E-state index is -0.529. The largest absolute Gasteiger partial charge is 0.457 e. The van der Waals surface area contributed by atoms with E-state index in [1.807, 2.05) is 0 Å². The molecule has 0 fully saturated rings. The van der Waals surface area contributed by atoms with Crippen LogP contribution in [0.1, 0.15) is 51.2 Å². The van der Waals surface area contributed by atoms with Crippen molar-refractivity contribution in [2.45, 2.75) is 17.6 Å². The Labute approximate surface area is 315 Å². The molecule has 11 rings (SSSR count). The fourth-order valence-corrected chi connectivity index (χ4v) is 9.10. The number of rotatable bonds is 4. The van der Waals surface area contributed by atoms with Crippen LogP contribution in [-0.2, 0) is 5.41 Å². The summed E-state index contributed by atoms with van der Waals surface area (Å²) in [6.45, 7) is 0. The lowest BCUT2D eigenvalue weighted by atomic mass is 9.65. The predicted molar refractivity (Wildman–Crippen MR) is 219 cm³/mol. The third-order valence-electron chi connectivity index (χ3n) is 11.6. The molecule has 8 aromatic rings. The molecule has 2 N–H and O–H groups in total. The van der Waals surface area contributed by atoms with Gasteiger partial charge in [0.2, 0.25) is 0 Å². The average molecular weight is 693 g/mol. The SMILES string of the molecule is C1=C(c2ccccc2)NC(c2ccc(-c3ccc4c(c3)C3(c5ccccc5Oc5ccccc53)c3cc5ccccc5cc3-4)cc2)NC1c1ccccc1. The van der Waals surface area contributed by atoms with E-state index in [0.29, 0.717) is 0 Å². The predicted octanol–water partition coefficient (Wildman–Crippen LogP) is 11.9. The van der Waals surface area contributed by atoms with Crippen LogP contribution in [0.3, 0.4) is 0 Å². The minimum absolute atomic E-state index is 0.0633. The van der Waals surface area contributed by atoms with Gasteiger partial charge in [0.25, 0.3) is 0 Å². The van der Waals surface area contributed by atoms with Crippen LogP contribution in [0.5, 0.6) is 11.5 Å². The molecule has 0 bridgehead atoms. The van der Waals surface area contributed by atoms with Crippen molar-refractivity contribution in [3.05, 3.63) is 233 Å². The highest BCUT2D eigenvalue weighted by molar-refractivity contribution is 5.97. The third-order valence-corrected chi connectivity index (χ3v) is 11.6. The van der Waals surface area contributed by atoms with E-state index in [2.05, 4.69) is 205 Å². The van der Waals surface area contributed by atoms with Crippen LogP contribution in [0, 0.1) is 0 Å². The molecular weight excluding hydrogens is 657 g/mol. The van der Waals surface area contributed by atoms with Crippen molar-refractivity contribution in [2.75, 3.05) is 0 Å². The van der Waals surface area contributed by atoms with Crippen LogP contribution in [0.15, 0.2) is 194 Å². The second-order valence-electron chi connectivity index (χ2n) is 14.6. The van der Waals surface area contributed by atoms with Crippen molar-refractivity contribution in [2.24, 2.45) is 0 Å². The van der Waals surface area contributed by atoms with E-state index in [1.165, 1.54) is 72.0 Å². The fourth-order valence-electron chi connectivity index (χ4n) is 9.10. The monoisotopic (exact) mass is 692 g/mol. The Hall–Kier alpha value is -6.68. The van der Waals surface area contributed by atoms with Crippen molar-refractivity contribution in [3.8, 4) is 33.8 Å². The van der Waals surface area contributed by atoms with Gasteiger partial charge in [0.05, 0.1) is 11.5 Å². The molecule has 3 nitrogen and oxygen atoms in total. The Morgan fingerprint density at radius 3 is 1.74 bits per heavy atom. The Balaban J connectivity index is 1.03. The first-order chi connectivity index (χ1) is 26.7. The van der Waals surface area contributed by atoms with Gasteiger partial charge >= 0.3 is 0 Å². The van der Waals surface area contributed by atoms with E-state index < -0.39 is 5.41 Å². The summed E-state index contributed by atoms with van der Waals surface area (Å²) in [5.74, 6) is 1.81. The highest BCUT2D eigenvalue weighted by Crippen LogP contribution is 2.62. The summed E-state index contributed by atoms with van der Waals surface area (Å²) in [5, 5.41) is 10.1. The lowest BCUT2D eigenvalue weighted by Gasteiger charge is -2.39. The molecule has 54 heavy (non-hydrogen) atoms. The van der Waals surface area contributed by atoms with Gasteiger partial charge in [-0.1, -0.05) is 158 Å². The Kier molecular flexibility index (Phi) is 6.98. The summed E-state index contributed by atoms with van der Waals surface area (Å²) < 4.78 is 6.62.